The van der Waals surface area contributed by atoms with Gasteiger partial charge in [-0.1, -0.05) is 159 Å². The van der Waals surface area contributed by atoms with Crippen LogP contribution in [-0.2, 0) is 4.66 Å². The van der Waals surface area contributed by atoms with Crippen LogP contribution < -0.4 is 36.4 Å². The number of nitrogens with zero attached hydrogens (tertiary/aromatic N) is 7. The quantitative estimate of drug-likeness (QED) is 0.108. The lowest BCUT2D eigenvalue weighted by Gasteiger charge is -2.55. The highest BCUT2D eigenvalue weighted by Gasteiger charge is 2.67. The van der Waals surface area contributed by atoms with Crippen molar-refractivity contribution in [2.45, 2.75) is 30.6 Å². The smallest absolute Gasteiger partial charge is 0.220 e. The molecule has 11 aromatic rings. The average Bonchev–Trinajstić information content (AvgIpc) is 4.16. The molecule has 0 fully saturated rings. The van der Waals surface area contributed by atoms with Crippen molar-refractivity contribution in [3.8, 4) is 17.2 Å². The maximum Gasteiger partial charge on any atom is 0.220 e. The van der Waals surface area contributed by atoms with Gasteiger partial charge in [0.1, 0.15) is 38.5 Å². The fourth-order valence-corrected chi connectivity index (χ4v) is 22.6. The van der Waals surface area contributed by atoms with Gasteiger partial charge in [0.2, 0.25) is 5.78 Å². The van der Waals surface area contributed by atoms with E-state index in [-0.39, 0.29) is 22.6 Å². The summed E-state index contributed by atoms with van der Waals surface area (Å²) in [6.45, 7) is -14.9. The average molecular weight is 930 g/mol. The van der Waals surface area contributed by atoms with Gasteiger partial charge in [-0.15, -0.1) is 0 Å². The molecule has 0 bridgehead atoms. The van der Waals surface area contributed by atoms with Crippen LogP contribution in [0.25, 0.3) is 33.5 Å². The molecule has 67 heavy (non-hydrogen) atoms. The molecule has 0 amide bonds. The van der Waals surface area contributed by atoms with Crippen LogP contribution in [0.3, 0.4) is 0 Å². The molecule has 1 aliphatic rings. The molecular weight excluding hydrogens is 871 g/mol. The Morgan fingerprint density at radius 1 is 0.493 bits per heavy atom. The zero-order valence-electron chi connectivity index (χ0n) is 47.7. The largest absolute Gasteiger partial charge is 0.457 e. The lowest BCUT2D eigenvalue weighted by atomic mass is 9.98. The van der Waals surface area contributed by atoms with Crippen LogP contribution in [-0.4, -0.2) is 58.1 Å². The van der Waals surface area contributed by atoms with Crippen LogP contribution in [0.2, 0.25) is 25.9 Å². The minimum atomic E-state index is -6.33. The second kappa shape index (κ2) is 15.5. The Labute approximate surface area is 409 Å². The molecule has 12 rings (SSSR count). The van der Waals surface area contributed by atoms with Gasteiger partial charge in [-0.3, -0.25) is 8.97 Å². The minimum Gasteiger partial charge on any atom is -0.457 e. The molecule has 5 heterocycles. The van der Waals surface area contributed by atoms with E-state index in [0.29, 0.717) is 11.0 Å². The third-order valence-electron chi connectivity index (χ3n) is 13.3. The summed E-state index contributed by atoms with van der Waals surface area (Å²) in [4.78, 5) is 23.3. The van der Waals surface area contributed by atoms with E-state index in [1.807, 2.05) is 133 Å². The van der Waals surface area contributed by atoms with Crippen LogP contribution in [0, 0.1) is 0 Å². The van der Waals surface area contributed by atoms with Crippen molar-refractivity contribution >= 4 is 83.7 Å². The van der Waals surface area contributed by atoms with Crippen molar-refractivity contribution in [3.05, 3.63) is 224 Å². The van der Waals surface area contributed by atoms with Crippen LogP contribution in [0.15, 0.2) is 213 Å². The summed E-state index contributed by atoms with van der Waals surface area (Å²) in [7, 11) is -16.8. The van der Waals surface area contributed by atoms with E-state index in [9.17, 15) is 16.4 Å². The van der Waals surface area contributed by atoms with Gasteiger partial charge in [0.25, 0.3) is 0 Å². The summed E-state index contributed by atoms with van der Waals surface area (Å²) in [6.07, 6.45) is 4.81. The van der Waals surface area contributed by atoms with E-state index < -0.39 is 65.7 Å². The number of rotatable bonds is 9. The minimum absolute atomic E-state index is 0.0955. The van der Waals surface area contributed by atoms with Crippen LogP contribution in [0.1, 0.15) is 27.6 Å². The van der Waals surface area contributed by atoms with Gasteiger partial charge in [0, 0.05) is 62.7 Å². The number of ether oxygens (including phenoxy) is 1. The number of aromatic nitrogens is 7. The van der Waals surface area contributed by atoms with Gasteiger partial charge in [-0.2, -0.15) is 0 Å². The molecule has 0 atom stereocenters. The van der Waals surface area contributed by atoms with E-state index in [2.05, 4.69) is 35.0 Å². The summed E-state index contributed by atoms with van der Waals surface area (Å²) < 4.78 is 128. The summed E-state index contributed by atoms with van der Waals surface area (Å²) in [6, 6.07) is 57.2. The molecular formula is C56H47N7OSi3. The van der Waals surface area contributed by atoms with E-state index >= 15 is 0 Å². The van der Waals surface area contributed by atoms with Gasteiger partial charge in [0.15, 0.2) is 8.07 Å². The molecule has 0 radical (unpaired) electrons. The third-order valence-corrected chi connectivity index (χ3v) is 25.5. The van der Waals surface area contributed by atoms with Crippen molar-refractivity contribution in [1.82, 2.24) is 33.9 Å². The first kappa shape index (κ1) is 29.9. The van der Waals surface area contributed by atoms with Gasteiger partial charge in [0.05, 0.1) is 22.1 Å². The highest BCUT2D eigenvalue weighted by atomic mass is 28.4. The molecule has 0 unspecified atom stereocenters. The zero-order chi connectivity index (χ0) is 55.4. The van der Waals surface area contributed by atoms with Gasteiger partial charge in [-0.25, -0.2) is 24.9 Å². The number of fused-ring (bicyclic) bond motifs is 7. The second-order valence-corrected chi connectivity index (χ2v) is 26.4. The van der Waals surface area contributed by atoms with Crippen LogP contribution in [0.4, 0.5) is 0 Å². The number of para-hydroxylation sites is 6. The van der Waals surface area contributed by atoms with E-state index in [1.54, 1.807) is 12.1 Å². The maximum atomic E-state index is 9.98. The van der Waals surface area contributed by atoms with Gasteiger partial charge >= 0.3 is 0 Å². The number of imidazole rings is 2. The topological polar surface area (TPSA) is 83.0 Å². The molecule has 0 saturated heterocycles. The molecule has 11 heteroatoms. The van der Waals surface area contributed by atoms with Crippen molar-refractivity contribution in [1.29, 1.82) is 0 Å². The highest BCUT2D eigenvalue weighted by molar-refractivity contribution is 7.20. The number of hydrogen-bond donors (Lipinski definition) is 0. The molecule has 0 N–H and O–H groups in total. The molecule has 7 aromatic carbocycles. The second-order valence-electron chi connectivity index (χ2n) is 16.8. The van der Waals surface area contributed by atoms with Gasteiger partial charge < -0.3 is 4.74 Å². The lowest BCUT2D eigenvalue weighted by Crippen LogP contribution is -2.78. The normalized spacial score (nSPS) is 17.0. The predicted molar refractivity (Wildman–Crippen MR) is 279 cm³/mol. The van der Waals surface area contributed by atoms with Crippen molar-refractivity contribution < 1.29 is 21.2 Å². The molecule has 1 aliphatic heterocycles. The Hall–Kier alpha value is -7.58. The first-order chi connectivity index (χ1) is 37.8. The molecule has 0 aliphatic carbocycles. The SMILES string of the molecule is [2H]C([2H])([2H])[Si](c1ncccn1)(C([2H])([2H])[2H])C1([Si](c2ncccn2)(C([2H])([2H])[2H])C([2H])([2H])[2H])c2ccccc2Oc2c1cccc2[Si](c1ccccc1)(c1ccccc1)c1cccc(-n2c3ccccc3n3c4ccccc4nc23)c1. The first-order valence-corrected chi connectivity index (χ1v) is 27.8. The monoisotopic (exact) mass is 929 g/mol. The molecule has 8 nitrogen and oxygen atoms in total. The van der Waals surface area contributed by atoms with Crippen LogP contribution in [0.5, 0.6) is 11.5 Å². The number of benzene rings is 7. The summed E-state index contributed by atoms with van der Waals surface area (Å²) in [5.41, 5.74) is 2.34. The Bertz CT molecular complexity index is 3960. The first-order valence-electron chi connectivity index (χ1n) is 27.8. The Morgan fingerprint density at radius 3 is 1.69 bits per heavy atom. The standard InChI is InChI=1S/C56H47N7OSi3/c1-65(2,53-57-35-19-36-58-53)56(66(3,4)54-59-37-20-38-60-54)44-27-11-16-33-50(44)64-52-45(56)28-18-34-51(52)67(41-22-7-5-8-23-41,42-24-9-6-10-25-42)43-26-17-21-40(39-43)62-48-31-14-15-32-49(48)63-47-30-13-12-29-46(47)61-55(62)63/h5-39H,1-4H3/i1D3,2D3,3D3,4D3. The fourth-order valence-electron chi connectivity index (χ4n) is 10.6. The molecule has 4 aromatic heterocycles. The summed E-state index contributed by atoms with van der Waals surface area (Å²) >= 11 is 0. The lowest BCUT2D eigenvalue weighted by molar-refractivity contribution is 0.452. The maximum absolute atomic E-state index is 9.98. The Balaban J connectivity index is 1.32. The fraction of sp³-hybridized carbons (Fsp3) is 0.0893. The molecule has 0 saturated carbocycles. The highest BCUT2D eigenvalue weighted by Crippen LogP contribution is 2.56. The van der Waals surface area contributed by atoms with Crippen molar-refractivity contribution in [2.75, 3.05) is 0 Å². The summed E-state index contributed by atoms with van der Waals surface area (Å²) in [5.74, 6) is 0.419. The Kier molecular flexibility index (Phi) is 6.91. The molecule has 324 valence electrons. The van der Waals surface area contributed by atoms with E-state index in [0.717, 1.165) is 43.3 Å². The van der Waals surface area contributed by atoms with Crippen molar-refractivity contribution in [3.63, 3.8) is 0 Å². The van der Waals surface area contributed by atoms with Crippen LogP contribution >= 0.6 is 0 Å². The zero-order valence-corrected chi connectivity index (χ0v) is 38.7. The van der Waals surface area contributed by atoms with Gasteiger partial charge in [-0.05, 0) is 75.3 Å². The third kappa shape index (κ3) is 5.78. The predicted octanol–water partition coefficient (Wildman–Crippen LogP) is 8.09. The Morgan fingerprint density at radius 2 is 1.03 bits per heavy atom. The number of hydrogen-bond acceptors (Lipinski definition) is 6. The van der Waals surface area contributed by atoms with E-state index in [4.69, 9.17) is 9.72 Å². The van der Waals surface area contributed by atoms with Crippen molar-refractivity contribution in [2.24, 2.45) is 0 Å². The van der Waals surface area contributed by atoms with E-state index in [1.165, 1.54) is 61.2 Å². The molecule has 0 spiro atoms. The summed E-state index contributed by atoms with van der Waals surface area (Å²) in [5, 5.41) is 2.82.